The lowest BCUT2D eigenvalue weighted by Gasteiger charge is -2.12. The number of nitrogens with one attached hydrogen (secondary N) is 4. The second-order valence-electron chi connectivity index (χ2n) is 4.69. The molecule has 24 heavy (non-hydrogen) atoms. The number of rotatable bonds is 6. The predicted octanol–water partition coefficient (Wildman–Crippen LogP) is 0.605. The van der Waals surface area contributed by atoms with Crippen LogP contribution in [0.5, 0.6) is 5.75 Å². The van der Waals surface area contributed by atoms with E-state index in [0.29, 0.717) is 5.75 Å². The molecule has 2 aromatic rings. The summed E-state index contributed by atoms with van der Waals surface area (Å²) in [5.74, 6) is -0.713. The first kappa shape index (κ1) is 17.5. The van der Waals surface area contributed by atoms with E-state index in [4.69, 9.17) is 4.74 Å². The number of aromatic amines is 1. The van der Waals surface area contributed by atoms with Gasteiger partial charge in [0.25, 0.3) is 15.9 Å². The summed E-state index contributed by atoms with van der Waals surface area (Å²) in [7, 11) is -2.64. The van der Waals surface area contributed by atoms with E-state index in [0.717, 1.165) is 0 Å². The van der Waals surface area contributed by atoms with Crippen molar-refractivity contribution in [2.24, 2.45) is 0 Å². The molecule has 0 saturated carbocycles. The van der Waals surface area contributed by atoms with Gasteiger partial charge in [0.1, 0.15) is 11.4 Å². The molecule has 1 heterocycles. The quantitative estimate of drug-likeness (QED) is 0.566. The second-order valence-corrected chi connectivity index (χ2v) is 6.37. The van der Waals surface area contributed by atoms with E-state index in [-0.39, 0.29) is 22.2 Å². The first-order chi connectivity index (χ1) is 11.3. The Kier molecular flexibility index (Phi) is 5.21. The summed E-state index contributed by atoms with van der Waals surface area (Å²) in [5.41, 5.74) is 2.48. The normalized spacial score (nSPS) is 10.9. The zero-order valence-corrected chi connectivity index (χ0v) is 13.7. The second kappa shape index (κ2) is 7.15. The number of hydrazine groups is 1. The van der Waals surface area contributed by atoms with Gasteiger partial charge in [-0.05, 0) is 30.3 Å². The Morgan fingerprint density at radius 2 is 1.96 bits per heavy atom. The maximum absolute atomic E-state index is 12.3. The van der Waals surface area contributed by atoms with E-state index in [1.54, 1.807) is 6.07 Å². The molecule has 2 amide bonds. The van der Waals surface area contributed by atoms with Crippen molar-refractivity contribution in [2.75, 3.05) is 12.4 Å². The minimum atomic E-state index is -4.03. The number of sulfonamides is 1. The molecular weight excluding hydrogens is 336 g/mol. The van der Waals surface area contributed by atoms with Crippen LogP contribution < -0.4 is 20.3 Å². The van der Waals surface area contributed by atoms with Gasteiger partial charge in [-0.25, -0.2) is 8.42 Å². The van der Waals surface area contributed by atoms with Gasteiger partial charge >= 0.3 is 0 Å². The van der Waals surface area contributed by atoms with Crippen LogP contribution in [0.2, 0.25) is 0 Å². The van der Waals surface area contributed by atoms with Crippen molar-refractivity contribution in [3.05, 3.63) is 42.2 Å². The Labute approximate surface area is 138 Å². The van der Waals surface area contributed by atoms with Crippen LogP contribution in [0, 0.1) is 0 Å². The standard InChI is InChI=1S/C14H16N4O5S/c1-9(19)16-12-8-10(5-6-13(12)23-2)24(21,22)18-17-14(20)11-4-3-7-15-11/h3-8,15,18H,1-2H3,(H,16,19)(H,17,20). The first-order valence-corrected chi connectivity index (χ1v) is 8.23. The lowest BCUT2D eigenvalue weighted by atomic mass is 10.3. The van der Waals surface area contributed by atoms with Crippen LogP contribution in [0.15, 0.2) is 41.4 Å². The molecular formula is C14H16N4O5S. The monoisotopic (exact) mass is 352 g/mol. The summed E-state index contributed by atoms with van der Waals surface area (Å²) in [6, 6.07) is 7.00. The van der Waals surface area contributed by atoms with Crippen molar-refractivity contribution in [2.45, 2.75) is 11.8 Å². The van der Waals surface area contributed by atoms with Crippen LogP contribution in [0.3, 0.4) is 0 Å². The molecule has 0 fully saturated rings. The number of ether oxygens (including phenoxy) is 1. The molecule has 0 spiro atoms. The number of carbonyl (C=O) groups is 2. The lowest BCUT2D eigenvalue weighted by Crippen LogP contribution is -2.41. The average Bonchev–Trinajstić information content (AvgIpc) is 3.06. The third kappa shape index (κ3) is 4.12. The third-order valence-corrected chi connectivity index (χ3v) is 4.18. The highest BCUT2D eigenvalue weighted by Crippen LogP contribution is 2.27. The van der Waals surface area contributed by atoms with Crippen LogP contribution >= 0.6 is 0 Å². The molecule has 10 heteroatoms. The highest BCUT2D eigenvalue weighted by Gasteiger charge is 2.18. The summed E-state index contributed by atoms with van der Waals surface area (Å²) < 4.78 is 29.6. The maximum atomic E-state index is 12.3. The number of hydrogen-bond donors (Lipinski definition) is 4. The summed E-state index contributed by atoms with van der Waals surface area (Å²) in [6.45, 7) is 1.29. The zero-order valence-electron chi connectivity index (χ0n) is 12.9. The van der Waals surface area contributed by atoms with E-state index in [1.165, 1.54) is 44.5 Å². The van der Waals surface area contributed by atoms with Crippen molar-refractivity contribution in [3.8, 4) is 5.75 Å². The van der Waals surface area contributed by atoms with E-state index in [1.807, 2.05) is 4.83 Å². The van der Waals surface area contributed by atoms with E-state index in [2.05, 4.69) is 15.7 Å². The van der Waals surface area contributed by atoms with Gasteiger partial charge < -0.3 is 15.0 Å². The highest BCUT2D eigenvalue weighted by atomic mass is 32.2. The molecule has 0 saturated heterocycles. The van der Waals surface area contributed by atoms with Crippen LogP contribution in [-0.4, -0.2) is 32.3 Å². The summed E-state index contributed by atoms with van der Waals surface area (Å²) in [5, 5.41) is 2.48. The van der Waals surface area contributed by atoms with Crippen molar-refractivity contribution >= 4 is 27.5 Å². The number of amides is 2. The van der Waals surface area contributed by atoms with Gasteiger partial charge in [0, 0.05) is 13.1 Å². The molecule has 0 atom stereocenters. The minimum absolute atomic E-state index is 0.154. The van der Waals surface area contributed by atoms with Gasteiger partial charge in [-0.3, -0.25) is 15.0 Å². The summed E-state index contributed by atoms with van der Waals surface area (Å²) in [4.78, 5) is 27.4. The Morgan fingerprint density at radius 1 is 1.21 bits per heavy atom. The number of aromatic nitrogens is 1. The van der Waals surface area contributed by atoms with Crippen molar-refractivity contribution < 1.29 is 22.7 Å². The molecule has 4 N–H and O–H groups in total. The molecule has 0 unspecified atom stereocenters. The number of carbonyl (C=O) groups excluding carboxylic acids is 2. The van der Waals surface area contributed by atoms with Crippen LogP contribution in [0.1, 0.15) is 17.4 Å². The number of benzene rings is 1. The maximum Gasteiger partial charge on any atom is 0.282 e. The summed E-state index contributed by atoms with van der Waals surface area (Å²) in [6.07, 6.45) is 1.53. The van der Waals surface area contributed by atoms with Crippen molar-refractivity contribution in [1.29, 1.82) is 0 Å². The fourth-order valence-electron chi connectivity index (χ4n) is 1.85. The molecule has 1 aromatic heterocycles. The topological polar surface area (TPSA) is 129 Å². The average molecular weight is 352 g/mol. The Hall–Kier alpha value is -2.85. The first-order valence-electron chi connectivity index (χ1n) is 6.74. The lowest BCUT2D eigenvalue weighted by molar-refractivity contribution is -0.114. The molecule has 0 aliphatic rings. The molecule has 128 valence electrons. The van der Waals surface area contributed by atoms with Gasteiger partial charge in [-0.1, -0.05) is 0 Å². The molecule has 9 nitrogen and oxygen atoms in total. The minimum Gasteiger partial charge on any atom is -0.495 e. The largest absolute Gasteiger partial charge is 0.495 e. The Balaban J connectivity index is 2.19. The predicted molar refractivity (Wildman–Crippen MR) is 85.9 cm³/mol. The highest BCUT2D eigenvalue weighted by molar-refractivity contribution is 7.89. The molecule has 0 aliphatic carbocycles. The number of hydrogen-bond acceptors (Lipinski definition) is 5. The smallest absolute Gasteiger partial charge is 0.282 e. The van der Waals surface area contributed by atoms with E-state index in [9.17, 15) is 18.0 Å². The number of anilines is 1. The molecule has 0 bridgehead atoms. The van der Waals surface area contributed by atoms with Crippen molar-refractivity contribution in [1.82, 2.24) is 15.2 Å². The fourth-order valence-corrected chi connectivity index (χ4v) is 2.72. The van der Waals surface area contributed by atoms with Gasteiger partial charge in [-0.2, -0.15) is 0 Å². The van der Waals surface area contributed by atoms with Crippen LogP contribution in [-0.2, 0) is 14.8 Å². The third-order valence-electron chi connectivity index (χ3n) is 2.93. The number of methoxy groups -OCH3 is 1. The van der Waals surface area contributed by atoms with E-state index < -0.39 is 15.9 Å². The molecule has 1 aromatic carbocycles. The Morgan fingerprint density at radius 3 is 2.54 bits per heavy atom. The van der Waals surface area contributed by atoms with Crippen LogP contribution in [0.25, 0.3) is 0 Å². The SMILES string of the molecule is COc1ccc(S(=O)(=O)NNC(=O)c2ccc[nH]2)cc1NC(C)=O. The zero-order chi connectivity index (χ0) is 17.7. The van der Waals surface area contributed by atoms with Crippen LogP contribution in [0.4, 0.5) is 5.69 Å². The van der Waals surface area contributed by atoms with Gasteiger partial charge in [0.05, 0.1) is 17.7 Å². The van der Waals surface area contributed by atoms with Gasteiger partial charge in [-0.15, -0.1) is 4.83 Å². The molecule has 0 radical (unpaired) electrons. The van der Waals surface area contributed by atoms with Gasteiger partial charge in [0.15, 0.2) is 0 Å². The van der Waals surface area contributed by atoms with Crippen molar-refractivity contribution in [3.63, 3.8) is 0 Å². The Bertz CT molecular complexity index is 846. The number of H-pyrrole nitrogens is 1. The molecule has 2 rings (SSSR count). The van der Waals surface area contributed by atoms with E-state index >= 15 is 0 Å². The fraction of sp³-hybridized carbons (Fsp3) is 0.143. The molecule has 0 aliphatic heterocycles. The summed E-state index contributed by atoms with van der Waals surface area (Å²) >= 11 is 0. The van der Waals surface area contributed by atoms with Gasteiger partial charge in [0.2, 0.25) is 5.91 Å².